The highest BCUT2D eigenvalue weighted by molar-refractivity contribution is 5.28. The average molecular weight is 352 g/mol. The molecule has 0 bridgehead atoms. The zero-order valence-electron chi connectivity index (χ0n) is 17.8. The summed E-state index contributed by atoms with van der Waals surface area (Å²) in [7, 11) is 2.04. The molecule has 1 unspecified atom stereocenters. The van der Waals surface area contributed by atoms with Crippen molar-refractivity contribution < 1.29 is 0 Å². The third-order valence-electron chi connectivity index (χ3n) is 4.72. The largest absolute Gasteiger partial charge is 0.314 e. The fourth-order valence-corrected chi connectivity index (χ4v) is 3.03. The SMILES string of the molecule is CCc1ccccc1.CNC(C=C(C)C)CC(C)(C)c1ccc(C)cc1. The first-order valence-electron chi connectivity index (χ1n) is 9.72. The molecule has 0 fully saturated rings. The summed E-state index contributed by atoms with van der Waals surface area (Å²) in [5.41, 5.74) is 5.70. The summed E-state index contributed by atoms with van der Waals surface area (Å²) in [5, 5.41) is 3.39. The van der Waals surface area contributed by atoms with Crippen LogP contribution in [-0.2, 0) is 11.8 Å². The first kappa shape index (κ1) is 22.2. The third-order valence-corrected chi connectivity index (χ3v) is 4.72. The molecule has 0 spiro atoms. The Morgan fingerprint density at radius 2 is 1.58 bits per heavy atom. The van der Waals surface area contributed by atoms with Gasteiger partial charge in [0.1, 0.15) is 0 Å². The molecule has 1 N–H and O–H groups in total. The predicted octanol–water partition coefficient (Wildman–Crippen LogP) is 6.47. The smallest absolute Gasteiger partial charge is 0.0257 e. The van der Waals surface area contributed by atoms with Gasteiger partial charge in [0.05, 0.1) is 0 Å². The molecule has 0 radical (unpaired) electrons. The van der Waals surface area contributed by atoms with Crippen LogP contribution in [0, 0.1) is 6.92 Å². The van der Waals surface area contributed by atoms with Crippen LogP contribution in [-0.4, -0.2) is 13.1 Å². The van der Waals surface area contributed by atoms with Gasteiger partial charge < -0.3 is 5.32 Å². The van der Waals surface area contributed by atoms with Crippen molar-refractivity contribution in [1.82, 2.24) is 5.32 Å². The quantitative estimate of drug-likeness (QED) is 0.588. The van der Waals surface area contributed by atoms with E-state index >= 15 is 0 Å². The van der Waals surface area contributed by atoms with Gasteiger partial charge in [0, 0.05) is 6.04 Å². The minimum Gasteiger partial charge on any atom is -0.314 e. The normalized spacial score (nSPS) is 12.0. The van der Waals surface area contributed by atoms with Gasteiger partial charge in [-0.1, -0.05) is 92.6 Å². The molecule has 0 heterocycles. The van der Waals surface area contributed by atoms with Gasteiger partial charge in [0.25, 0.3) is 0 Å². The van der Waals surface area contributed by atoms with E-state index in [1.54, 1.807) is 0 Å². The van der Waals surface area contributed by atoms with Gasteiger partial charge >= 0.3 is 0 Å². The second-order valence-electron chi connectivity index (χ2n) is 7.93. The molecule has 0 aliphatic heterocycles. The third kappa shape index (κ3) is 8.01. The molecule has 0 aromatic heterocycles. The molecule has 142 valence electrons. The lowest BCUT2D eigenvalue weighted by Gasteiger charge is -2.29. The van der Waals surface area contributed by atoms with E-state index < -0.39 is 0 Å². The highest BCUT2D eigenvalue weighted by Crippen LogP contribution is 2.29. The van der Waals surface area contributed by atoms with Crippen LogP contribution in [0.4, 0.5) is 0 Å². The van der Waals surface area contributed by atoms with Crippen LogP contribution in [0.15, 0.2) is 66.2 Å². The molecule has 2 aromatic carbocycles. The van der Waals surface area contributed by atoms with E-state index in [1.165, 1.54) is 22.3 Å². The van der Waals surface area contributed by atoms with E-state index in [0.29, 0.717) is 6.04 Å². The maximum atomic E-state index is 3.39. The number of hydrogen-bond donors (Lipinski definition) is 1. The number of aryl methyl sites for hydroxylation is 2. The summed E-state index contributed by atoms with van der Waals surface area (Å²) >= 11 is 0. The van der Waals surface area contributed by atoms with Gasteiger partial charge in [-0.2, -0.15) is 0 Å². The van der Waals surface area contributed by atoms with E-state index in [4.69, 9.17) is 0 Å². The molecule has 1 atom stereocenters. The lowest BCUT2D eigenvalue weighted by Crippen LogP contribution is -2.32. The van der Waals surface area contributed by atoms with Crippen LogP contribution in [0.25, 0.3) is 0 Å². The first-order chi connectivity index (χ1) is 12.3. The van der Waals surface area contributed by atoms with Gasteiger partial charge in [-0.15, -0.1) is 0 Å². The van der Waals surface area contributed by atoms with Gasteiger partial charge in [-0.25, -0.2) is 0 Å². The number of allylic oxidation sites excluding steroid dienone is 1. The van der Waals surface area contributed by atoms with Crippen molar-refractivity contribution in [3.05, 3.63) is 82.9 Å². The predicted molar refractivity (Wildman–Crippen MR) is 117 cm³/mol. The van der Waals surface area contributed by atoms with Crippen molar-refractivity contribution >= 4 is 0 Å². The average Bonchev–Trinajstić information content (AvgIpc) is 2.62. The molecule has 0 saturated heterocycles. The molecular formula is C25H37N. The lowest BCUT2D eigenvalue weighted by molar-refractivity contribution is 0.425. The van der Waals surface area contributed by atoms with Crippen molar-refractivity contribution in [3.8, 4) is 0 Å². The van der Waals surface area contributed by atoms with Crippen LogP contribution in [0.5, 0.6) is 0 Å². The van der Waals surface area contributed by atoms with E-state index in [1.807, 2.05) is 13.1 Å². The van der Waals surface area contributed by atoms with E-state index in [0.717, 1.165) is 12.8 Å². The molecular weight excluding hydrogens is 314 g/mol. The summed E-state index contributed by atoms with van der Waals surface area (Å²) in [4.78, 5) is 0. The molecule has 0 saturated carbocycles. The first-order valence-corrected chi connectivity index (χ1v) is 9.72. The van der Waals surface area contributed by atoms with E-state index in [-0.39, 0.29) is 5.41 Å². The number of nitrogens with one attached hydrogen (secondary N) is 1. The maximum absolute atomic E-state index is 3.39. The standard InChI is InChI=1S/C17H27N.C8H10/c1-13(2)11-16(18-6)12-17(4,5)15-9-7-14(3)8-10-15;1-2-8-6-4-3-5-7-8/h7-11,16,18H,12H2,1-6H3;3-7H,2H2,1H3. The van der Waals surface area contributed by atoms with Crippen molar-refractivity contribution in [2.75, 3.05) is 7.05 Å². The number of likely N-dealkylation sites (N-methyl/N-ethyl adjacent to an activating group) is 1. The minimum atomic E-state index is 0.188. The monoisotopic (exact) mass is 351 g/mol. The summed E-state index contributed by atoms with van der Waals surface area (Å²) in [6.45, 7) is 13.2. The Bertz CT molecular complexity index is 646. The fraction of sp³-hybridized carbons (Fsp3) is 0.440. The zero-order chi connectivity index (χ0) is 19.6. The van der Waals surface area contributed by atoms with Crippen LogP contribution in [0.2, 0.25) is 0 Å². The summed E-state index contributed by atoms with van der Waals surface area (Å²) < 4.78 is 0. The Hall–Kier alpha value is -1.86. The van der Waals surface area contributed by atoms with Crippen molar-refractivity contribution in [1.29, 1.82) is 0 Å². The number of rotatable bonds is 6. The van der Waals surface area contributed by atoms with Gasteiger partial charge in [0.15, 0.2) is 0 Å². The second kappa shape index (κ2) is 11.0. The molecule has 0 amide bonds. The molecule has 1 heteroatoms. The van der Waals surface area contributed by atoms with Gasteiger partial charge in [-0.3, -0.25) is 0 Å². The lowest BCUT2D eigenvalue weighted by atomic mass is 9.78. The molecule has 26 heavy (non-hydrogen) atoms. The fourth-order valence-electron chi connectivity index (χ4n) is 3.03. The van der Waals surface area contributed by atoms with Crippen molar-refractivity contribution in [2.24, 2.45) is 0 Å². The molecule has 0 aliphatic carbocycles. The van der Waals surface area contributed by atoms with E-state index in [9.17, 15) is 0 Å². The Morgan fingerprint density at radius 1 is 1.00 bits per heavy atom. The Kier molecular flexibility index (Phi) is 9.37. The number of benzene rings is 2. The molecule has 2 rings (SSSR count). The second-order valence-corrected chi connectivity index (χ2v) is 7.93. The van der Waals surface area contributed by atoms with Crippen molar-refractivity contribution in [2.45, 2.75) is 65.8 Å². The van der Waals surface area contributed by atoms with Crippen LogP contribution in [0.3, 0.4) is 0 Å². The Labute approximate surface area is 161 Å². The highest BCUT2D eigenvalue weighted by atomic mass is 14.9. The Balaban J connectivity index is 0.000000350. The van der Waals surface area contributed by atoms with Crippen LogP contribution >= 0.6 is 0 Å². The van der Waals surface area contributed by atoms with E-state index in [2.05, 4.69) is 101 Å². The topological polar surface area (TPSA) is 12.0 Å². The van der Waals surface area contributed by atoms with Crippen molar-refractivity contribution in [3.63, 3.8) is 0 Å². The molecule has 1 nitrogen and oxygen atoms in total. The Morgan fingerprint density at radius 3 is 2.00 bits per heavy atom. The van der Waals surface area contributed by atoms with Gasteiger partial charge in [-0.05, 0) is 57.2 Å². The zero-order valence-corrected chi connectivity index (χ0v) is 17.8. The number of hydrogen-bond acceptors (Lipinski definition) is 1. The van der Waals surface area contributed by atoms with Gasteiger partial charge in [0.2, 0.25) is 0 Å². The summed E-state index contributed by atoms with van der Waals surface area (Å²) in [5.74, 6) is 0. The maximum Gasteiger partial charge on any atom is 0.0257 e. The minimum absolute atomic E-state index is 0.188. The van der Waals surface area contributed by atoms with Crippen LogP contribution < -0.4 is 5.32 Å². The highest BCUT2D eigenvalue weighted by Gasteiger charge is 2.23. The summed E-state index contributed by atoms with van der Waals surface area (Å²) in [6, 6.07) is 19.8. The molecule has 0 aliphatic rings. The van der Waals surface area contributed by atoms with Crippen LogP contribution in [0.1, 0.15) is 57.7 Å². The molecule has 2 aromatic rings. The summed E-state index contributed by atoms with van der Waals surface area (Å²) in [6.07, 6.45) is 4.56.